The van der Waals surface area contributed by atoms with Crippen LogP contribution in [0.2, 0.25) is 0 Å². The maximum atomic E-state index is 5.11. The van der Waals surface area contributed by atoms with Gasteiger partial charge in [0.2, 0.25) is 0 Å². The molecule has 0 unspecified atom stereocenters. The average molecular weight is 706 g/mol. The second kappa shape index (κ2) is 12.4. The van der Waals surface area contributed by atoms with E-state index in [1.54, 1.807) is 0 Å². The van der Waals surface area contributed by atoms with Gasteiger partial charge in [0.25, 0.3) is 0 Å². The van der Waals surface area contributed by atoms with Gasteiger partial charge in [-0.15, -0.1) is 11.3 Å². The first-order valence-electron chi connectivity index (χ1n) is 18.3. The third kappa shape index (κ3) is 4.81. The summed E-state index contributed by atoms with van der Waals surface area (Å²) in [4.78, 5) is 10.2. The third-order valence-corrected chi connectivity index (χ3v) is 11.9. The fourth-order valence-corrected chi connectivity index (χ4v) is 9.53. The maximum Gasteiger partial charge on any atom is 0.160 e. The topological polar surface area (TPSA) is 30.7 Å². The van der Waals surface area contributed by atoms with Crippen molar-refractivity contribution in [2.75, 3.05) is 0 Å². The lowest BCUT2D eigenvalue weighted by atomic mass is 9.98. The summed E-state index contributed by atoms with van der Waals surface area (Å²) in [6.45, 7) is 0. The number of hydrogen-bond donors (Lipinski definition) is 0. The molecule has 0 saturated carbocycles. The van der Waals surface area contributed by atoms with Crippen molar-refractivity contribution in [1.82, 2.24) is 14.5 Å². The van der Waals surface area contributed by atoms with Crippen LogP contribution in [0.4, 0.5) is 0 Å². The van der Waals surface area contributed by atoms with Crippen molar-refractivity contribution in [2.24, 2.45) is 0 Å². The SMILES string of the molecule is c1ccc(-c2cc(-c3ccccc3)nc(-c3ccc(-n4c5ccccc5c5c6ccccc6c6sc7c(-c8ccccc8)cccc7c6c54)cc3)n2)cc1. The third-order valence-electron chi connectivity index (χ3n) is 10.6. The Morgan fingerprint density at radius 1 is 0.389 bits per heavy atom. The molecule has 252 valence electrons. The van der Waals surface area contributed by atoms with Gasteiger partial charge in [-0.25, -0.2) is 9.97 Å². The molecule has 4 heteroatoms. The highest BCUT2D eigenvalue weighted by Gasteiger charge is 2.23. The number of nitrogens with zero attached hydrogens (tertiary/aromatic N) is 3. The Labute approximate surface area is 316 Å². The lowest BCUT2D eigenvalue weighted by molar-refractivity contribution is 1.17. The van der Waals surface area contributed by atoms with Crippen LogP contribution in [0.3, 0.4) is 0 Å². The van der Waals surface area contributed by atoms with Gasteiger partial charge in [0.1, 0.15) is 0 Å². The maximum absolute atomic E-state index is 5.11. The lowest BCUT2D eigenvalue weighted by Gasteiger charge is -2.12. The van der Waals surface area contributed by atoms with Gasteiger partial charge in [0, 0.05) is 58.7 Å². The number of hydrogen-bond acceptors (Lipinski definition) is 3. The molecule has 3 heterocycles. The van der Waals surface area contributed by atoms with E-state index in [-0.39, 0.29) is 0 Å². The van der Waals surface area contributed by atoms with E-state index >= 15 is 0 Å². The molecule has 0 aliphatic heterocycles. The van der Waals surface area contributed by atoms with Crippen LogP contribution in [0.5, 0.6) is 0 Å². The van der Waals surface area contributed by atoms with Crippen molar-refractivity contribution in [1.29, 1.82) is 0 Å². The molecule has 8 aromatic carbocycles. The Kier molecular flexibility index (Phi) is 7.04. The van der Waals surface area contributed by atoms with Crippen LogP contribution in [0, 0.1) is 0 Å². The summed E-state index contributed by atoms with van der Waals surface area (Å²) in [6.07, 6.45) is 0. The van der Waals surface area contributed by atoms with Crippen molar-refractivity contribution in [2.45, 2.75) is 0 Å². The number of benzene rings is 8. The summed E-state index contributed by atoms with van der Waals surface area (Å²) in [5.74, 6) is 0.703. The van der Waals surface area contributed by atoms with E-state index < -0.39 is 0 Å². The van der Waals surface area contributed by atoms with E-state index in [1.807, 2.05) is 23.5 Å². The van der Waals surface area contributed by atoms with Gasteiger partial charge in [-0.05, 0) is 52.9 Å². The first kappa shape index (κ1) is 30.7. The van der Waals surface area contributed by atoms with Crippen LogP contribution in [-0.4, -0.2) is 14.5 Å². The standard InChI is InChI=1S/C50H31N3S/c1-4-15-32(16-5-1)37-24-14-25-41-46-47-45(38-21-10-11-22-39(38)49(46)54-48(37)41)40-23-12-13-26-44(40)53(47)36-29-27-35(28-30-36)50-51-42(33-17-6-2-7-18-33)31-43(52-50)34-19-8-3-9-20-34/h1-31H. The van der Waals surface area contributed by atoms with Crippen LogP contribution in [0.25, 0.3) is 103 Å². The average Bonchev–Trinajstić information content (AvgIpc) is 3.82. The molecule has 3 nitrogen and oxygen atoms in total. The highest BCUT2D eigenvalue weighted by atomic mass is 32.1. The molecular formula is C50H31N3S. The predicted octanol–water partition coefficient (Wildman–Crippen LogP) is 13.8. The normalized spacial score (nSPS) is 11.7. The van der Waals surface area contributed by atoms with Crippen LogP contribution in [-0.2, 0) is 0 Å². The molecule has 11 rings (SSSR count). The molecule has 0 amide bonds. The summed E-state index contributed by atoms with van der Waals surface area (Å²) in [5.41, 5.74) is 10.9. The first-order valence-corrected chi connectivity index (χ1v) is 19.1. The molecule has 0 saturated heterocycles. The molecule has 0 bridgehead atoms. The van der Waals surface area contributed by atoms with Crippen LogP contribution < -0.4 is 0 Å². The zero-order chi connectivity index (χ0) is 35.6. The van der Waals surface area contributed by atoms with Crippen LogP contribution in [0.15, 0.2) is 188 Å². The van der Waals surface area contributed by atoms with Gasteiger partial charge in [0.15, 0.2) is 5.82 Å². The van der Waals surface area contributed by atoms with Gasteiger partial charge in [-0.1, -0.05) is 152 Å². The highest BCUT2D eigenvalue weighted by Crippen LogP contribution is 2.49. The van der Waals surface area contributed by atoms with Crippen molar-refractivity contribution < 1.29 is 0 Å². The molecule has 0 aliphatic rings. The Morgan fingerprint density at radius 2 is 0.944 bits per heavy atom. The zero-order valence-electron chi connectivity index (χ0n) is 29.1. The minimum atomic E-state index is 0.703. The van der Waals surface area contributed by atoms with E-state index in [1.165, 1.54) is 63.9 Å². The van der Waals surface area contributed by atoms with Crippen molar-refractivity contribution in [3.05, 3.63) is 188 Å². The molecule has 0 atom stereocenters. The smallest absolute Gasteiger partial charge is 0.160 e. The molecule has 0 N–H and O–H groups in total. The summed E-state index contributed by atoms with van der Waals surface area (Å²) in [5, 5.41) is 7.69. The molecule has 0 aliphatic carbocycles. The van der Waals surface area contributed by atoms with Crippen molar-refractivity contribution in [3.8, 4) is 50.7 Å². The molecule has 0 spiro atoms. The van der Waals surface area contributed by atoms with Crippen LogP contribution in [0.1, 0.15) is 0 Å². The fraction of sp³-hybridized carbons (Fsp3) is 0. The minimum absolute atomic E-state index is 0.703. The van der Waals surface area contributed by atoms with E-state index in [9.17, 15) is 0 Å². The lowest BCUT2D eigenvalue weighted by Crippen LogP contribution is -1.97. The Hall–Kier alpha value is -6.88. The largest absolute Gasteiger partial charge is 0.309 e. The van der Waals surface area contributed by atoms with E-state index in [2.05, 4.69) is 180 Å². The predicted molar refractivity (Wildman–Crippen MR) is 229 cm³/mol. The van der Waals surface area contributed by atoms with E-state index in [0.29, 0.717) is 5.82 Å². The summed E-state index contributed by atoms with van der Waals surface area (Å²) >= 11 is 1.91. The number of para-hydroxylation sites is 1. The van der Waals surface area contributed by atoms with E-state index in [0.717, 1.165) is 33.8 Å². The van der Waals surface area contributed by atoms with Gasteiger partial charge in [-0.2, -0.15) is 0 Å². The Bertz CT molecular complexity index is 3120. The minimum Gasteiger partial charge on any atom is -0.309 e. The van der Waals surface area contributed by atoms with Crippen LogP contribution >= 0.6 is 11.3 Å². The first-order chi connectivity index (χ1) is 26.8. The van der Waals surface area contributed by atoms with Gasteiger partial charge < -0.3 is 4.57 Å². The molecule has 11 aromatic rings. The molecule has 0 radical (unpaired) electrons. The van der Waals surface area contributed by atoms with E-state index in [4.69, 9.17) is 9.97 Å². The van der Waals surface area contributed by atoms with Gasteiger partial charge in [0.05, 0.1) is 22.4 Å². The van der Waals surface area contributed by atoms with Crippen molar-refractivity contribution in [3.63, 3.8) is 0 Å². The number of thiophene rings is 1. The zero-order valence-corrected chi connectivity index (χ0v) is 30.0. The number of fused-ring (bicyclic) bond motifs is 10. The summed E-state index contributed by atoms with van der Waals surface area (Å²) in [7, 11) is 0. The fourth-order valence-electron chi connectivity index (χ4n) is 8.16. The Morgan fingerprint density at radius 3 is 1.61 bits per heavy atom. The second-order valence-electron chi connectivity index (χ2n) is 13.7. The van der Waals surface area contributed by atoms with Gasteiger partial charge >= 0.3 is 0 Å². The molecular weight excluding hydrogens is 675 g/mol. The highest BCUT2D eigenvalue weighted by molar-refractivity contribution is 7.27. The molecule has 54 heavy (non-hydrogen) atoms. The molecule has 3 aromatic heterocycles. The summed E-state index contributed by atoms with van der Waals surface area (Å²) in [6, 6.07) is 66.9. The monoisotopic (exact) mass is 705 g/mol. The second-order valence-corrected chi connectivity index (χ2v) is 14.7. The Balaban J connectivity index is 1.17. The summed E-state index contributed by atoms with van der Waals surface area (Å²) < 4.78 is 5.10. The van der Waals surface area contributed by atoms with Gasteiger partial charge in [-0.3, -0.25) is 0 Å². The number of rotatable bonds is 5. The quantitative estimate of drug-likeness (QED) is 0.178. The number of aromatic nitrogens is 3. The molecule has 0 fully saturated rings. The van der Waals surface area contributed by atoms with Crippen molar-refractivity contribution >= 4 is 64.1 Å².